The van der Waals surface area contributed by atoms with E-state index in [1.807, 2.05) is 0 Å². The largest absolute Gasteiger partial charge is 0.0654 e. The van der Waals surface area contributed by atoms with Gasteiger partial charge in [0.15, 0.2) is 0 Å². The molecule has 0 fully saturated rings. The van der Waals surface area contributed by atoms with Crippen LogP contribution in [0.1, 0.15) is 88.7 Å². The fraction of sp³-hybridized carbons (Fsp3) is 0.520. The molecule has 1 aliphatic carbocycles. The molecule has 0 saturated carbocycles. The zero-order chi connectivity index (χ0) is 19.2. The summed E-state index contributed by atoms with van der Waals surface area (Å²) < 4.78 is 2.41. The molecule has 2 aromatic carbocycles. The van der Waals surface area contributed by atoms with Crippen LogP contribution in [0.3, 0.4) is 0 Å². The SMILES string of the molecule is CCCCCCC(CCCCC)C1c2cc(Br)ccc2-c2ccc(Br)cc21. The summed E-state index contributed by atoms with van der Waals surface area (Å²) in [5.41, 5.74) is 5.96. The van der Waals surface area contributed by atoms with E-state index < -0.39 is 0 Å². The van der Waals surface area contributed by atoms with E-state index >= 15 is 0 Å². The highest BCUT2D eigenvalue weighted by Gasteiger charge is 2.34. The van der Waals surface area contributed by atoms with Crippen molar-refractivity contribution < 1.29 is 0 Å². The molecule has 0 heterocycles. The molecule has 0 spiro atoms. The monoisotopic (exact) mass is 490 g/mol. The third-order valence-electron chi connectivity index (χ3n) is 6.07. The number of halogens is 2. The van der Waals surface area contributed by atoms with Gasteiger partial charge in [0.05, 0.1) is 0 Å². The summed E-state index contributed by atoms with van der Waals surface area (Å²) in [5, 5.41) is 0. The van der Waals surface area contributed by atoms with Gasteiger partial charge in [-0.2, -0.15) is 0 Å². The van der Waals surface area contributed by atoms with Crippen LogP contribution in [0.2, 0.25) is 0 Å². The van der Waals surface area contributed by atoms with Gasteiger partial charge < -0.3 is 0 Å². The molecule has 0 nitrogen and oxygen atoms in total. The molecular formula is C25H32Br2. The molecule has 1 unspecified atom stereocenters. The van der Waals surface area contributed by atoms with E-state index in [-0.39, 0.29) is 0 Å². The minimum Gasteiger partial charge on any atom is -0.0654 e. The Bertz CT molecular complexity index is 698. The van der Waals surface area contributed by atoms with Crippen LogP contribution in [0.25, 0.3) is 11.1 Å². The molecule has 2 heteroatoms. The Kier molecular flexibility index (Phi) is 8.02. The molecule has 27 heavy (non-hydrogen) atoms. The number of fused-ring (bicyclic) bond motifs is 3. The zero-order valence-corrected chi connectivity index (χ0v) is 19.9. The lowest BCUT2D eigenvalue weighted by molar-refractivity contribution is 0.374. The van der Waals surface area contributed by atoms with Gasteiger partial charge >= 0.3 is 0 Å². The molecule has 1 atom stereocenters. The first kappa shape index (κ1) is 21.1. The van der Waals surface area contributed by atoms with Gasteiger partial charge in [0.2, 0.25) is 0 Å². The maximum Gasteiger partial charge on any atom is 0.0178 e. The van der Waals surface area contributed by atoms with Crippen molar-refractivity contribution in [2.45, 2.75) is 77.6 Å². The number of rotatable bonds is 10. The van der Waals surface area contributed by atoms with E-state index in [4.69, 9.17) is 0 Å². The van der Waals surface area contributed by atoms with E-state index in [9.17, 15) is 0 Å². The second kappa shape index (κ2) is 10.3. The van der Waals surface area contributed by atoms with Gasteiger partial charge in [0.1, 0.15) is 0 Å². The summed E-state index contributed by atoms with van der Waals surface area (Å²) in [5.74, 6) is 1.29. The van der Waals surface area contributed by atoms with Crippen LogP contribution in [-0.4, -0.2) is 0 Å². The quantitative estimate of drug-likeness (QED) is 0.290. The molecule has 0 saturated heterocycles. The fourth-order valence-corrected chi connectivity index (χ4v) is 5.47. The van der Waals surface area contributed by atoms with E-state index in [1.54, 1.807) is 0 Å². The van der Waals surface area contributed by atoms with Gasteiger partial charge in [-0.25, -0.2) is 0 Å². The lowest BCUT2D eigenvalue weighted by Gasteiger charge is -2.26. The van der Waals surface area contributed by atoms with Crippen molar-refractivity contribution in [3.63, 3.8) is 0 Å². The van der Waals surface area contributed by atoms with Gasteiger partial charge in [-0.1, -0.05) is 103 Å². The van der Waals surface area contributed by atoms with Gasteiger partial charge in [0.25, 0.3) is 0 Å². The maximum atomic E-state index is 3.73. The van der Waals surface area contributed by atoms with Crippen molar-refractivity contribution in [1.29, 1.82) is 0 Å². The first-order chi connectivity index (χ1) is 13.2. The van der Waals surface area contributed by atoms with Crippen molar-refractivity contribution in [3.8, 4) is 11.1 Å². The van der Waals surface area contributed by atoms with Crippen LogP contribution in [0.5, 0.6) is 0 Å². The Hall–Kier alpha value is -0.600. The predicted octanol–water partition coefficient (Wildman–Crippen LogP) is 9.49. The van der Waals surface area contributed by atoms with Crippen molar-refractivity contribution in [2.24, 2.45) is 5.92 Å². The van der Waals surface area contributed by atoms with Gasteiger partial charge in [0, 0.05) is 14.9 Å². The molecule has 0 amide bonds. The second-order valence-corrected chi connectivity index (χ2v) is 9.88. The highest BCUT2D eigenvalue weighted by Crippen LogP contribution is 2.51. The van der Waals surface area contributed by atoms with E-state index in [0.29, 0.717) is 5.92 Å². The van der Waals surface area contributed by atoms with Crippen molar-refractivity contribution in [3.05, 3.63) is 56.5 Å². The topological polar surface area (TPSA) is 0 Å². The average molecular weight is 492 g/mol. The minimum absolute atomic E-state index is 0.545. The van der Waals surface area contributed by atoms with E-state index in [1.165, 1.54) is 89.0 Å². The highest BCUT2D eigenvalue weighted by atomic mass is 79.9. The molecule has 0 aliphatic heterocycles. The highest BCUT2D eigenvalue weighted by molar-refractivity contribution is 9.10. The molecular weight excluding hydrogens is 460 g/mol. The van der Waals surface area contributed by atoms with Crippen molar-refractivity contribution in [1.82, 2.24) is 0 Å². The Morgan fingerprint density at radius 2 is 1.19 bits per heavy atom. The zero-order valence-electron chi connectivity index (χ0n) is 16.7. The van der Waals surface area contributed by atoms with E-state index in [2.05, 4.69) is 82.1 Å². The Morgan fingerprint density at radius 3 is 1.70 bits per heavy atom. The standard InChI is InChI=1S/C25H32Br2/c1-3-5-7-9-11-18(10-8-6-4-2)25-23-16-19(26)12-14-21(23)22-15-13-20(27)17-24(22)25/h12-18,25H,3-11H2,1-2H3. The molecule has 3 rings (SSSR count). The van der Waals surface area contributed by atoms with Crippen LogP contribution in [-0.2, 0) is 0 Å². The van der Waals surface area contributed by atoms with Gasteiger partial charge in [-0.3, -0.25) is 0 Å². The number of hydrogen-bond acceptors (Lipinski definition) is 0. The minimum atomic E-state index is 0.545. The lowest BCUT2D eigenvalue weighted by atomic mass is 9.78. The van der Waals surface area contributed by atoms with E-state index in [0.717, 1.165) is 5.92 Å². The Labute approximate surface area is 182 Å². The fourth-order valence-electron chi connectivity index (χ4n) is 4.72. The molecule has 0 radical (unpaired) electrons. The van der Waals surface area contributed by atoms with Crippen LogP contribution in [0.4, 0.5) is 0 Å². The van der Waals surface area contributed by atoms with Gasteiger partial charge in [-0.15, -0.1) is 0 Å². The van der Waals surface area contributed by atoms with Gasteiger partial charge in [-0.05, 0) is 65.3 Å². The lowest BCUT2D eigenvalue weighted by Crippen LogP contribution is -2.13. The van der Waals surface area contributed by atoms with Crippen LogP contribution in [0, 0.1) is 5.92 Å². The Morgan fingerprint density at radius 1 is 0.704 bits per heavy atom. The second-order valence-electron chi connectivity index (χ2n) is 8.05. The molecule has 0 N–H and O–H groups in total. The summed E-state index contributed by atoms with van der Waals surface area (Å²) in [6, 6.07) is 13.8. The normalized spacial score (nSPS) is 14.2. The summed E-state index contributed by atoms with van der Waals surface area (Å²) in [7, 11) is 0. The smallest absolute Gasteiger partial charge is 0.0178 e. The van der Waals surface area contributed by atoms with Crippen LogP contribution in [0.15, 0.2) is 45.3 Å². The molecule has 0 aromatic heterocycles. The number of hydrogen-bond donors (Lipinski definition) is 0. The van der Waals surface area contributed by atoms with Crippen molar-refractivity contribution in [2.75, 3.05) is 0 Å². The van der Waals surface area contributed by atoms with Crippen LogP contribution >= 0.6 is 31.9 Å². The first-order valence-corrected chi connectivity index (χ1v) is 12.3. The third-order valence-corrected chi connectivity index (χ3v) is 7.05. The summed E-state index contributed by atoms with van der Waals surface area (Å²) in [4.78, 5) is 0. The number of unbranched alkanes of at least 4 members (excludes halogenated alkanes) is 5. The predicted molar refractivity (Wildman–Crippen MR) is 126 cm³/mol. The molecule has 2 aromatic rings. The first-order valence-electron chi connectivity index (χ1n) is 10.7. The Balaban J connectivity index is 1.94. The van der Waals surface area contributed by atoms with Crippen LogP contribution < -0.4 is 0 Å². The summed E-state index contributed by atoms with van der Waals surface area (Å²) in [6.07, 6.45) is 12.2. The average Bonchev–Trinajstić information content (AvgIpc) is 2.96. The molecule has 1 aliphatic rings. The van der Waals surface area contributed by atoms with Crippen molar-refractivity contribution >= 4 is 31.9 Å². The third kappa shape index (κ3) is 5.07. The molecule has 0 bridgehead atoms. The summed E-state index contributed by atoms with van der Waals surface area (Å²) in [6.45, 7) is 4.61. The number of benzene rings is 2. The maximum absolute atomic E-state index is 3.73. The molecule has 146 valence electrons. The summed E-state index contributed by atoms with van der Waals surface area (Å²) >= 11 is 7.46.